The minimum absolute atomic E-state index is 0.316. The van der Waals surface area contributed by atoms with Gasteiger partial charge in [0.25, 0.3) is 0 Å². The summed E-state index contributed by atoms with van der Waals surface area (Å²) in [6, 6.07) is 0. The molecule has 1 saturated heterocycles. The molecule has 1 N–H and O–H groups in total. The number of hydrogen-bond acceptors (Lipinski definition) is 2. The molecule has 4 aliphatic carbocycles. The fraction of sp³-hybridized carbons (Fsp3) is 1.00. The second-order valence-electron chi connectivity index (χ2n) is 12.6. The van der Waals surface area contributed by atoms with Crippen molar-refractivity contribution >= 4 is 0 Å². The van der Waals surface area contributed by atoms with Crippen LogP contribution in [0.15, 0.2) is 0 Å². The van der Waals surface area contributed by atoms with Crippen LogP contribution in [0.25, 0.3) is 0 Å². The van der Waals surface area contributed by atoms with E-state index in [4.69, 9.17) is 4.74 Å². The molecule has 5 fully saturated rings. The average molecular weight is 403 g/mol. The van der Waals surface area contributed by atoms with Gasteiger partial charge in [0, 0.05) is 6.61 Å². The molecule has 0 aromatic heterocycles. The smallest absolute Gasteiger partial charge is 0.0618 e. The van der Waals surface area contributed by atoms with Gasteiger partial charge in [0.05, 0.1) is 12.2 Å². The first-order valence-electron chi connectivity index (χ1n) is 13.1. The molecule has 3 unspecified atom stereocenters. The van der Waals surface area contributed by atoms with E-state index in [-0.39, 0.29) is 0 Å². The molecule has 0 aromatic carbocycles. The van der Waals surface area contributed by atoms with Gasteiger partial charge in [-0.25, -0.2) is 0 Å². The van der Waals surface area contributed by atoms with Crippen LogP contribution in [0.4, 0.5) is 0 Å². The van der Waals surface area contributed by atoms with E-state index in [1.165, 1.54) is 57.8 Å². The summed E-state index contributed by atoms with van der Waals surface area (Å²) in [6.45, 7) is 10.4. The van der Waals surface area contributed by atoms with E-state index in [0.29, 0.717) is 41.5 Å². The van der Waals surface area contributed by atoms with Gasteiger partial charge in [0.15, 0.2) is 0 Å². The van der Waals surface area contributed by atoms with E-state index in [0.717, 1.165) is 42.4 Å². The Morgan fingerprint density at radius 1 is 1.00 bits per heavy atom. The summed E-state index contributed by atoms with van der Waals surface area (Å²) in [7, 11) is 0. The van der Waals surface area contributed by atoms with E-state index >= 15 is 0 Å². The molecule has 1 heterocycles. The van der Waals surface area contributed by atoms with Crippen molar-refractivity contribution in [2.75, 3.05) is 6.61 Å². The zero-order chi connectivity index (χ0) is 20.4. The maximum atomic E-state index is 9.40. The number of fused-ring (bicyclic) bond motifs is 7. The zero-order valence-corrected chi connectivity index (χ0v) is 19.5. The Hall–Kier alpha value is -0.0800. The highest BCUT2D eigenvalue weighted by atomic mass is 16.5. The van der Waals surface area contributed by atoms with Crippen molar-refractivity contribution in [1.29, 1.82) is 0 Å². The molecule has 0 spiro atoms. The number of ether oxygens (including phenoxy) is 1. The van der Waals surface area contributed by atoms with Crippen LogP contribution in [-0.4, -0.2) is 23.9 Å². The molecular weight excluding hydrogens is 356 g/mol. The zero-order valence-electron chi connectivity index (χ0n) is 19.5. The Balaban J connectivity index is 1.33. The van der Waals surface area contributed by atoms with Crippen molar-refractivity contribution in [2.24, 2.45) is 52.3 Å². The molecule has 2 nitrogen and oxygen atoms in total. The summed E-state index contributed by atoms with van der Waals surface area (Å²) < 4.78 is 6.78. The van der Waals surface area contributed by atoms with Crippen LogP contribution in [0.2, 0.25) is 0 Å². The second kappa shape index (κ2) is 7.51. The highest BCUT2D eigenvalue weighted by Crippen LogP contribution is 2.70. The second-order valence-corrected chi connectivity index (χ2v) is 12.6. The van der Waals surface area contributed by atoms with Crippen molar-refractivity contribution in [1.82, 2.24) is 0 Å². The van der Waals surface area contributed by atoms with Crippen LogP contribution in [0.3, 0.4) is 0 Å². The highest BCUT2D eigenvalue weighted by molar-refractivity contribution is 5.13. The normalized spacial score (nSPS) is 54.9. The lowest BCUT2D eigenvalue weighted by Crippen LogP contribution is -2.53. The third kappa shape index (κ3) is 3.09. The Bertz CT molecular complexity index is 603. The SMILES string of the molecule is C[C@H](CO)CCC1OC2C[C@H]3[C@@H]4CC[C@@H]5CCCC[C@]5(C)[C@H]4CC[C@]3(C)C2[C@@H]1C. The molecule has 1 aliphatic heterocycles. The van der Waals surface area contributed by atoms with Crippen molar-refractivity contribution in [2.45, 2.75) is 111 Å². The summed E-state index contributed by atoms with van der Waals surface area (Å²) >= 11 is 0. The molecule has 166 valence electrons. The standard InChI is InChI=1S/C27H46O2/c1-17(16-28)8-11-23-18(2)25-24(29-23)15-22-20-10-9-19-7-5-6-13-26(19,3)21(20)12-14-27(22,25)4/h17-25,28H,5-16H2,1-4H3/t17-,18+,19-,20+,21-,22-,23?,24?,25?,26-,27-/m0/s1. The van der Waals surface area contributed by atoms with E-state index in [2.05, 4.69) is 27.7 Å². The van der Waals surface area contributed by atoms with E-state index in [1.807, 2.05) is 0 Å². The molecule has 0 amide bonds. The molecule has 11 atom stereocenters. The van der Waals surface area contributed by atoms with Crippen molar-refractivity contribution in [3.05, 3.63) is 0 Å². The van der Waals surface area contributed by atoms with E-state index in [1.54, 1.807) is 0 Å². The fourth-order valence-electron chi connectivity index (χ4n) is 9.85. The predicted octanol–water partition coefficient (Wildman–Crippen LogP) is 6.46. The van der Waals surface area contributed by atoms with Gasteiger partial charge in [0.1, 0.15) is 0 Å². The fourth-order valence-corrected chi connectivity index (χ4v) is 9.85. The Morgan fingerprint density at radius 3 is 2.62 bits per heavy atom. The van der Waals surface area contributed by atoms with Crippen LogP contribution < -0.4 is 0 Å². The molecule has 0 radical (unpaired) electrons. The third-order valence-electron chi connectivity index (χ3n) is 11.4. The van der Waals surface area contributed by atoms with Gasteiger partial charge >= 0.3 is 0 Å². The highest BCUT2D eigenvalue weighted by Gasteiger charge is 2.65. The molecular formula is C27H46O2. The number of hydrogen-bond donors (Lipinski definition) is 1. The summed E-state index contributed by atoms with van der Waals surface area (Å²) in [6.07, 6.45) is 16.5. The number of aliphatic hydroxyl groups is 1. The topological polar surface area (TPSA) is 29.5 Å². The first kappa shape index (κ1) is 20.8. The van der Waals surface area contributed by atoms with Gasteiger partial charge in [-0.1, -0.05) is 40.5 Å². The minimum atomic E-state index is 0.316. The molecule has 2 heteroatoms. The first-order valence-corrected chi connectivity index (χ1v) is 13.1. The van der Waals surface area contributed by atoms with E-state index < -0.39 is 0 Å². The van der Waals surface area contributed by atoms with Crippen LogP contribution in [0.5, 0.6) is 0 Å². The van der Waals surface area contributed by atoms with Gasteiger partial charge < -0.3 is 9.84 Å². The Morgan fingerprint density at radius 2 is 1.83 bits per heavy atom. The maximum Gasteiger partial charge on any atom is 0.0618 e. The first-order chi connectivity index (χ1) is 13.9. The lowest BCUT2D eigenvalue weighted by atomic mass is 9.44. The van der Waals surface area contributed by atoms with Gasteiger partial charge in [-0.3, -0.25) is 0 Å². The van der Waals surface area contributed by atoms with Crippen molar-refractivity contribution < 1.29 is 9.84 Å². The van der Waals surface area contributed by atoms with Gasteiger partial charge in [-0.05, 0) is 110 Å². The van der Waals surface area contributed by atoms with Crippen LogP contribution in [0, 0.1) is 52.3 Å². The van der Waals surface area contributed by atoms with Crippen molar-refractivity contribution in [3.63, 3.8) is 0 Å². The number of aliphatic hydroxyl groups excluding tert-OH is 1. The Labute approximate surface area is 179 Å². The molecule has 29 heavy (non-hydrogen) atoms. The number of rotatable bonds is 4. The summed E-state index contributed by atoms with van der Waals surface area (Å²) in [5.41, 5.74) is 1.16. The Kier molecular flexibility index (Phi) is 5.38. The maximum absolute atomic E-state index is 9.40. The third-order valence-corrected chi connectivity index (χ3v) is 11.4. The summed E-state index contributed by atoms with van der Waals surface area (Å²) in [5.74, 6) is 5.79. The average Bonchev–Trinajstić information content (AvgIpc) is 3.19. The molecule has 5 rings (SSSR count). The largest absolute Gasteiger partial charge is 0.396 e. The molecule has 0 aromatic rings. The molecule has 5 aliphatic rings. The van der Waals surface area contributed by atoms with Gasteiger partial charge in [-0.2, -0.15) is 0 Å². The lowest BCUT2D eigenvalue weighted by Gasteiger charge is -2.60. The monoisotopic (exact) mass is 402 g/mol. The minimum Gasteiger partial charge on any atom is -0.396 e. The lowest BCUT2D eigenvalue weighted by molar-refractivity contribution is -0.115. The van der Waals surface area contributed by atoms with Crippen LogP contribution in [-0.2, 0) is 4.74 Å². The van der Waals surface area contributed by atoms with Crippen molar-refractivity contribution in [3.8, 4) is 0 Å². The van der Waals surface area contributed by atoms with E-state index in [9.17, 15) is 5.11 Å². The van der Waals surface area contributed by atoms with Gasteiger partial charge in [-0.15, -0.1) is 0 Å². The van der Waals surface area contributed by atoms with Crippen LogP contribution >= 0.6 is 0 Å². The molecule has 0 bridgehead atoms. The summed E-state index contributed by atoms with van der Waals surface area (Å²) in [5, 5.41) is 9.40. The van der Waals surface area contributed by atoms with Crippen LogP contribution in [0.1, 0.15) is 98.3 Å². The van der Waals surface area contributed by atoms with Gasteiger partial charge in [0.2, 0.25) is 0 Å². The predicted molar refractivity (Wildman–Crippen MR) is 119 cm³/mol. The quantitative estimate of drug-likeness (QED) is 0.585. The molecule has 4 saturated carbocycles. The summed E-state index contributed by atoms with van der Waals surface area (Å²) in [4.78, 5) is 0.